The van der Waals surface area contributed by atoms with E-state index in [1.165, 1.54) is 0 Å². The van der Waals surface area contributed by atoms with Crippen LogP contribution in [0.5, 0.6) is 0 Å². The number of aromatic nitrogens is 1. The van der Waals surface area contributed by atoms with Gasteiger partial charge in [-0.05, 0) is 6.07 Å². The molecule has 0 aliphatic carbocycles. The first kappa shape index (κ1) is 14.6. The number of guanidine groups is 1. The molecule has 0 aliphatic heterocycles. The van der Waals surface area contributed by atoms with E-state index in [9.17, 15) is 4.79 Å². The molecule has 7 nitrogen and oxygen atoms in total. The van der Waals surface area contributed by atoms with Crippen LogP contribution in [0.25, 0.3) is 10.9 Å². The van der Waals surface area contributed by atoms with E-state index in [0.717, 1.165) is 16.6 Å². The first-order valence-corrected chi connectivity index (χ1v) is 6.45. The minimum Gasteiger partial charge on any atom is -0.481 e. The van der Waals surface area contributed by atoms with Gasteiger partial charge in [-0.2, -0.15) is 0 Å². The molecule has 0 spiro atoms. The van der Waals surface area contributed by atoms with Gasteiger partial charge in [-0.3, -0.25) is 14.8 Å². The molecule has 0 bridgehead atoms. The van der Waals surface area contributed by atoms with Crippen molar-refractivity contribution in [3.8, 4) is 0 Å². The molecule has 0 amide bonds. The number of nitrogens with zero attached hydrogens (tertiary/aromatic N) is 2. The molecular formula is C14H17N5O2. The first-order valence-electron chi connectivity index (χ1n) is 6.45. The van der Waals surface area contributed by atoms with Gasteiger partial charge in [0.2, 0.25) is 0 Å². The molecule has 0 radical (unpaired) electrons. The normalized spacial score (nSPS) is 10.3. The van der Waals surface area contributed by atoms with Gasteiger partial charge in [0, 0.05) is 29.4 Å². The number of carboxylic acids is 1. The Kier molecular flexibility index (Phi) is 4.55. The van der Waals surface area contributed by atoms with Gasteiger partial charge in [-0.15, -0.1) is 0 Å². The SMILES string of the molecule is NC(N)=NCCNc1c(CC(=O)O)cnc2ccccc12. The molecule has 7 heteroatoms. The van der Waals surface area contributed by atoms with Crippen LogP contribution in [0, 0.1) is 0 Å². The summed E-state index contributed by atoms with van der Waals surface area (Å²) in [4.78, 5) is 19.1. The van der Waals surface area contributed by atoms with Crippen molar-refractivity contribution in [2.24, 2.45) is 16.5 Å². The second-order valence-electron chi connectivity index (χ2n) is 4.48. The van der Waals surface area contributed by atoms with E-state index in [4.69, 9.17) is 16.6 Å². The highest BCUT2D eigenvalue weighted by molar-refractivity contribution is 5.94. The lowest BCUT2D eigenvalue weighted by molar-refractivity contribution is -0.136. The van der Waals surface area contributed by atoms with Gasteiger partial charge in [0.1, 0.15) is 0 Å². The maximum atomic E-state index is 11.0. The van der Waals surface area contributed by atoms with E-state index >= 15 is 0 Å². The van der Waals surface area contributed by atoms with Crippen molar-refractivity contribution in [2.45, 2.75) is 6.42 Å². The lowest BCUT2D eigenvalue weighted by atomic mass is 10.1. The molecule has 0 unspecified atom stereocenters. The van der Waals surface area contributed by atoms with Gasteiger partial charge in [0.25, 0.3) is 0 Å². The number of para-hydroxylation sites is 1. The summed E-state index contributed by atoms with van der Waals surface area (Å²) in [5.41, 5.74) is 12.7. The van der Waals surface area contributed by atoms with Crippen molar-refractivity contribution in [2.75, 3.05) is 18.4 Å². The number of aliphatic imine (C=N–C) groups is 1. The lowest BCUT2D eigenvalue weighted by Gasteiger charge is -2.13. The Bertz CT molecular complexity index is 680. The zero-order valence-electron chi connectivity index (χ0n) is 11.4. The van der Waals surface area contributed by atoms with Crippen LogP contribution in [-0.2, 0) is 11.2 Å². The number of rotatable bonds is 6. The Balaban J connectivity index is 2.31. The molecule has 1 heterocycles. The Morgan fingerprint density at radius 1 is 1.33 bits per heavy atom. The highest BCUT2D eigenvalue weighted by atomic mass is 16.4. The predicted octanol–water partition coefficient (Wildman–Crippen LogP) is 0.547. The van der Waals surface area contributed by atoms with Gasteiger partial charge < -0.3 is 21.9 Å². The highest BCUT2D eigenvalue weighted by Gasteiger charge is 2.11. The summed E-state index contributed by atoms with van der Waals surface area (Å²) >= 11 is 0. The number of benzene rings is 1. The molecule has 1 aromatic heterocycles. The Morgan fingerprint density at radius 2 is 2.10 bits per heavy atom. The molecule has 0 saturated carbocycles. The Labute approximate surface area is 121 Å². The zero-order valence-corrected chi connectivity index (χ0v) is 11.4. The fourth-order valence-electron chi connectivity index (χ4n) is 2.05. The van der Waals surface area contributed by atoms with E-state index < -0.39 is 5.97 Å². The van der Waals surface area contributed by atoms with E-state index in [2.05, 4.69) is 15.3 Å². The largest absolute Gasteiger partial charge is 0.481 e. The molecule has 0 aliphatic rings. The van der Waals surface area contributed by atoms with E-state index in [1.807, 2.05) is 24.3 Å². The summed E-state index contributed by atoms with van der Waals surface area (Å²) in [7, 11) is 0. The third-order valence-corrected chi connectivity index (χ3v) is 2.90. The molecule has 6 N–H and O–H groups in total. The van der Waals surface area contributed by atoms with Crippen molar-refractivity contribution in [1.82, 2.24) is 4.98 Å². The molecule has 0 atom stereocenters. The molecule has 0 fully saturated rings. The number of carbonyl (C=O) groups is 1. The zero-order chi connectivity index (χ0) is 15.2. The molecule has 110 valence electrons. The van der Waals surface area contributed by atoms with Crippen LogP contribution >= 0.6 is 0 Å². The molecule has 2 aromatic rings. The third kappa shape index (κ3) is 3.82. The van der Waals surface area contributed by atoms with Crippen LogP contribution < -0.4 is 16.8 Å². The number of hydrogen-bond acceptors (Lipinski definition) is 4. The number of nitrogens with one attached hydrogen (secondary N) is 1. The number of fused-ring (bicyclic) bond motifs is 1. The summed E-state index contributed by atoms with van der Waals surface area (Å²) in [5.74, 6) is -0.874. The lowest BCUT2D eigenvalue weighted by Crippen LogP contribution is -2.24. The topological polar surface area (TPSA) is 127 Å². The minimum absolute atomic E-state index is 0.0298. The van der Waals surface area contributed by atoms with E-state index in [-0.39, 0.29) is 12.4 Å². The molecule has 21 heavy (non-hydrogen) atoms. The number of nitrogens with two attached hydrogens (primary N) is 2. The fraction of sp³-hybridized carbons (Fsp3) is 0.214. The predicted molar refractivity (Wildman–Crippen MR) is 82.2 cm³/mol. The van der Waals surface area contributed by atoms with Crippen LogP contribution in [0.1, 0.15) is 5.56 Å². The van der Waals surface area contributed by atoms with Crippen molar-refractivity contribution < 1.29 is 9.90 Å². The maximum absolute atomic E-state index is 11.0. The fourth-order valence-corrected chi connectivity index (χ4v) is 2.05. The van der Waals surface area contributed by atoms with E-state index in [0.29, 0.717) is 18.7 Å². The van der Waals surface area contributed by atoms with Gasteiger partial charge in [-0.1, -0.05) is 18.2 Å². The number of aliphatic carboxylic acids is 1. The summed E-state index contributed by atoms with van der Waals surface area (Å²) in [6.07, 6.45) is 1.49. The Hall–Kier alpha value is -2.83. The average Bonchev–Trinajstić information content (AvgIpc) is 2.44. The second-order valence-corrected chi connectivity index (χ2v) is 4.48. The van der Waals surface area contributed by atoms with Crippen molar-refractivity contribution in [1.29, 1.82) is 0 Å². The van der Waals surface area contributed by atoms with Crippen LogP contribution in [0.3, 0.4) is 0 Å². The van der Waals surface area contributed by atoms with Crippen LogP contribution in [-0.4, -0.2) is 35.1 Å². The third-order valence-electron chi connectivity index (χ3n) is 2.90. The second kappa shape index (κ2) is 6.56. The maximum Gasteiger partial charge on any atom is 0.307 e. The molecule has 0 saturated heterocycles. The van der Waals surface area contributed by atoms with E-state index in [1.54, 1.807) is 6.20 Å². The number of hydrogen-bond donors (Lipinski definition) is 4. The van der Waals surface area contributed by atoms with Crippen LogP contribution in [0.15, 0.2) is 35.5 Å². The standard InChI is InChI=1S/C14H17N5O2/c15-14(16)18-6-5-17-13-9(7-12(20)21)8-19-11-4-2-1-3-10(11)13/h1-4,8H,5-7H2,(H,17,19)(H,20,21)(H4,15,16,18). The number of pyridine rings is 1. The summed E-state index contributed by atoms with van der Waals surface area (Å²) in [6.45, 7) is 0.907. The van der Waals surface area contributed by atoms with Gasteiger partial charge in [0.05, 0.1) is 18.5 Å². The summed E-state index contributed by atoms with van der Waals surface area (Å²) < 4.78 is 0. The van der Waals surface area contributed by atoms with Gasteiger partial charge >= 0.3 is 5.97 Å². The monoisotopic (exact) mass is 287 g/mol. The Morgan fingerprint density at radius 3 is 2.81 bits per heavy atom. The van der Waals surface area contributed by atoms with Crippen molar-refractivity contribution in [3.05, 3.63) is 36.0 Å². The average molecular weight is 287 g/mol. The molecule has 2 rings (SSSR count). The smallest absolute Gasteiger partial charge is 0.307 e. The summed E-state index contributed by atoms with van der Waals surface area (Å²) in [6, 6.07) is 7.54. The molecular weight excluding hydrogens is 270 g/mol. The summed E-state index contributed by atoms with van der Waals surface area (Å²) in [5, 5.41) is 13.1. The number of anilines is 1. The van der Waals surface area contributed by atoms with Crippen LogP contribution in [0.4, 0.5) is 5.69 Å². The minimum atomic E-state index is -0.903. The van der Waals surface area contributed by atoms with Crippen molar-refractivity contribution >= 4 is 28.5 Å². The van der Waals surface area contributed by atoms with Crippen LogP contribution in [0.2, 0.25) is 0 Å². The first-order chi connectivity index (χ1) is 10.1. The van der Waals surface area contributed by atoms with Gasteiger partial charge in [-0.25, -0.2) is 0 Å². The number of carboxylic acid groups (broad SMARTS) is 1. The highest BCUT2D eigenvalue weighted by Crippen LogP contribution is 2.26. The molecule has 1 aromatic carbocycles. The van der Waals surface area contributed by atoms with Crippen molar-refractivity contribution in [3.63, 3.8) is 0 Å². The quantitative estimate of drug-likeness (QED) is 0.349. The van der Waals surface area contributed by atoms with Gasteiger partial charge in [0.15, 0.2) is 5.96 Å².